The third-order valence-electron chi connectivity index (χ3n) is 3.20. The van der Waals surface area contributed by atoms with Crippen LogP contribution < -0.4 is 0 Å². The molecule has 0 aliphatic rings. The van der Waals surface area contributed by atoms with Gasteiger partial charge < -0.3 is 0 Å². The van der Waals surface area contributed by atoms with Gasteiger partial charge in [0.05, 0.1) is 0 Å². The molecule has 0 heterocycles. The molecule has 0 aromatic heterocycles. The Bertz CT molecular complexity index is 395. The van der Waals surface area contributed by atoms with Crippen molar-refractivity contribution in [3.8, 4) is 0 Å². The quantitative estimate of drug-likeness (QED) is 0.647. The van der Waals surface area contributed by atoms with E-state index in [1.807, 2.05) is 19.9 Å². The van der Waals surface area contributed by atoms with Gasteiger partial charge in [0.2, 0.25) is 0 Å². The summed E-state index contributed by atoms with van der Waals surface area (Å²) in [6, 6.07) is 4.05. The molecule has 0 amide bonds. The van der Waals surface area contributed by atoms with Crippen LogP contribution in [0, 0.1) is 5.82 Å². The minimum absolute atomic E-state index is 0.00120. The summed E-state index contributed by atoms with van der Waals surface area (Å²) in [5.74, 6) is 0.593. The molecule has 0 nitrogen and oxygen atoms in total. The molecule has 0 fully saturated rings. The van der Waals surface area contributed by atoms with Gasteiger partial charge in [0, 0.05) is 0 Å². The second kappa shape index (κ2) is 4.80. The molecule has 1 aromatic rings. The molecule has 0 saturated heterocycles. The molecule has 0 bridgehead atoms. The molecule has 17 heavy (non-hydrogen) atoms. The molecule has 0 radical (unpaired) electrons. The monoisotopic (exact) mass is 236 g/mol. The largest absolute Gasteiger partial charge is 0.206 e. The summed E-state index contributed by atoms with van der Waals surface area (Å²) in [5, 5.41) is 0. The van der Waals surface area contributed by atoms with E-state index >= 15 is 0 Å². The highest BCUT2D eigenvalue weighted by molar-refractivity contribution is 5.41. The van der Waals surface area contributed by atoms with Crippen LogP contribution in [0.4, 0.5) is 4.39 Å². The Balaban J connectivity index is 3.54. The number of benzene rings is 1. The van der Waals surface area contributed by atoms with Gasteiger partial charge in [0.1, 0.15) is 5.82 Å². The molecule has 0 aliphatic heterocycles. The maximum Gasteiger partial charge on any atom is 0.130 e. The minimum atomic E-state index is -0.144. The van der Waals surface area contributed by atoms with Gasteiger partial charge in [-0.2, -0.15) is 0 Å². The second-order valence-corrected chi connectivity index (χ2v) is 6.49. The standard InChI is InChI=1S/C16H25F/c1-10(2)12-8-9-13(11(3)4)15(17)14(12)16(5,6)7/h8-11H,1-7H3. The SMILES string of the molecule is CC(C)c1ccc(C(C)C)c(C(C)(C)C)c1F. The van der Waals surface area contributed by atoms with Gasteiger partial charge >= 0.3 is 0 Å². The van der Waals surface area contributed by atoms with Crippen LogP contribution in [0.15, 0.2) is 12.1 Å². The van der Waals surface area contributed by atoms with E-state index in [9.17, 15) is 4.39 Å². The highest BCUT2D eigenvalue weighted by Gasteiger charge is 2.26. The van der Waals surface area contributed by atoms with E-state index in [0.717, 1.165) is 16.7 Å². The van der Waals surface area contributed by atoms with Gasteiger partial charge in [-0.15, -0.1) is 0 Å². The van der Waals surface area contributed by atoms with Crippen LogP contribution in [0.1, 0.15) is 77.0 Å². The van der Waals surface area contributed by atoms with Crippen LogP contribution in [-0.2, 0) is 5.41 Å². The van der Waals surface area contributed by atoms with E-state index < -0.39 is 0 Å². The fraction of sp³-hybridized carbons (Fsp3) is 0.625. The number of hydrogen-bond acceptors (Lipinski definition) is 0. The highest BCUT2D eigenvalue weighted by Crippen LogP contribution is 2.35. The van der Waals surface area contributed by atoms with Crippen LogP contribution in [0.5, 0.6) is 0 Å². The van der Waals surface area contributed by atoms with Crippen LogP contribution in [0.25, 0.3) is 0 Å². The molecule has 0 N–H and O–H groups in total. The fourth-order valence-corrected chi connectivity index (χ4v) is 2.30. The normalized spacial score (nSPS) is 12.6. The van der Waals surface area contributed by atoms with Crippen molar-refractivity contribution in [2.45, 2.75) is 65.7 Å². The Morgan fingerprint density at radius 1 is 0.882 bits per heavy atom. The topological polar surface area (TPSA) is 0 Å². The van der Waals surface area contributed by atoms with Gasteiger partial charge in [-0.3, -0.25) is 0 Å². The first-order chi connectivity index (χ1) is 7.66. The molecular formula is C16H25F. The lowest BCUT2D eigenvalue weighted by atomic mass is 9.78. The molecule has 1 aromatic carbocycles. The average Bonchev–Trinajstić information content (AvgIpc) is 2.14. The lowest BCUT2D eigenvalue weighted by Crippen LogP contribution is -2.19. The van der Waals surface area contributed by atoms with Crippen molar-refractivity contribution in [2.75, 3.05) is 0 Å². The van der Waals surface area contributed by atoms with Gasteiger partial charge in [0.15, 0.2) is 0 Å². The van der Waals surface area contributed by atoms with Crippen molar-refractivity contribution < 1.29 is 4.39 Å². The Morgan fingerprint density at radius 2 is 1.29 bits per heavy atom. The molecule has 0 atom stereocenters. The maximum absolute atomic E-state index is 14.6. The Hall–Kier alpha value is -0.850. The van der Waals surface area contributed by atoms with E-state index in [1.54, 1.807) is 0 Å². The number of halogens is 1. The first-order valence-corrected chi connectivity index (χ1v) is 6.49. The van der Waals surface area contributed by atoms with Gasteiger partial charge in [-0.1, -0.05) is 60.6 Å². The first-order valence-electron chi connectivity index (χ1n) is 6.49. The molecule has 0 unspecified atom stereocenters. The van der Waals surface area contributed by atoms with Crippen LogP contribution in [-0.4, -0.2) is 0 Å². The summed E-state index contributed by atoms with van der Waals surface area (Å²) in [7, 11) is 0. The van der Waals surface area contributed by atoms with E-state index in [4.69, 9.17) is 0 Å². The number of rotatable bonds is 2. The van der Waals surface area contributed by atoms with Crippen LogP contribution in [0.2, 0.25) is 0 Å². The smallest absolute Gasteiger partial charge is 0.130 e. The lowest BCUT2D eigenvalue weighted by Gasteiger charge is -2.27. The summed E-state index contributed by atoms with van der Waals surface area (Å²) in [5.41, 5.74) is 2.71. The molecule has 0 aliphatic carbocycles. The predicted octanol–water partition coefficient (Wildman–Crippen LogP) is 5.37. The maximum atomic E-state index is 14.6. The molecule has 96 valence electrons. The van der Waals surface area contributed by atoms with E-state index in [0.29, 0.717) is 5.92 Å². The molecule has 0 saturated carbocycles. The van der Waals surface area contributed by atoms with Crippen molar-refractivity contribution in [1.82, 2.24) is 0 Å². The Kier molecular flexibility index (Phi) is 4.01. The van der Waals surface area contributed by atoms with Crippen molar-refractivity contribution >= 4 is 0 Å². The number of hydrogen-bond donors (Lipinski definition) is 0. The van der Waals surface area contributed by atoms with Crippen molar-refractivity contribution in [2.24, 2.45) is 0 Å². The molecule has 1 heteroatoms. The highest BCUT2D eigenvalue weighted by atomic mass is 19.1. The summed E-state index contributed by atoms with van der Waals surface area (Å²) < 4.78 is 14.6. The molecule has 0 spiro atoms. The summed E-state index contributed by atoms with van der Waals surface area (Å²) in [6.45, 7) is 14.6. The Labute approximate surface area is 105 Å². The fourth-order valence-electron chi connectivity index (χ4n) is 2.30. The van der Waals surface area contributed by atoms with Gasteiger partial charge in [-0.25, -0.2) is 4.39 Å². The van der Waals surface area contributed by atoms with Crippen molar-refractivity contribution in [3.63, 3.8) is 0 Å². The summed E-state index contributed by atoms with van der Waals surface area (Å²) in [4.78, 5) is 0. The van der Waals surface area contributed by atoms with Crippen molar-refractivity contribution in [3.05, 3.63) is 34.6 Å². The molecular weight excluding hydrogens is 211 g/mol. The van der Waals surface area contributed by atoms with E-state index in [1.165, 1.54) is 0 Å². The third-order valence-corrected chi connectivity index (χ3v) is 3.20. The zero-order valence-electron chi connectivity index (χ0n) is 12.2. The van der Waals surface area contributed by atoms with E-state index in [-0.39, 0.29) is 17.2 Å². The minimum Gasteiger partial charge on any atom is -0.206 e. The first kappa shape index (κ1) is 14.2. The third kappa shape index (κ3) is 2.88. The second-order valence-electron chi connectivity index (χ2n) is 6.49. The molecule has 1 rings (SSSR count). The van der Waals surface area contributed by atoms with Crippen LogP contribution in [0.3, 0.4) is 0 Å². The average molecular weight is 236 g/mol. The summed E-state index contributed by atoms with van der Waals surface area (Å²) >= 11 is 0. The Morgan fingerprint density at radius 3 is 1.65 bits per heavy atom. The zero-order valence-corrected chi connectivity index (χ0v) is 12.2. The summed E-state index contributed by atoms with van der Waals surface area (Å²) in [6.07, 6.45) is 0. The van der Waals surface area contributed by atoms with Crippen LogP contribution >= 0.6 is 0 Å². The van der Waals surface area contributed by atoms with E-state index in [2.05, 4.69) is 40.7 Å². The van der Waals surface area contributed by atoms with Gasteiger partial charge in [-0.05, 0) is 33.9 Å². The van der Waals surface area contributed by atoms with Crippen molar-refractivity contribution in [1.29, 1.82) is 0 Å². The lowest BCUT2D eigenvalue weighted by molar-refractivity contribution is 0.501. The zero-order chi connectivity index (χ0) is 13.4. The predicted molar refractivity (Wildman–Crippen MR) is 73.3 cm³/mol. The van der Waals surface area contributed by atoms with Gasteiger partial charge in [0.25, 0.3) is 0 Å².